The average Bonchev–Trinajstić information content (AvgIpc) is 3.03. The number of hydrogen-bond donors (Lipinski definition) is 1. The Morgan fingerprint density at radius 2 is 1.79 bits per heavy atom. The maximum absolute atomic E-state index is 12.5. The summed E-state index contributed by atoms with van der Waals surface area (Å²) in [6, 6.07) is 11.1. The lowest BCUT2D eigenvalue weighted by Crippen LogP contribution is -2.29. The molecular weight excluding hydrogens is 447 g/mol. The number of rotatable bonds is 5. The maximum Gasteiger partial charge on any atom is 0.573 e. The van der Waals surface area contributed by atoms with E-state index in [4.69, 9.17) is 9.72 Å². The second-order valence-electron chi connectivity index (χ2n) is 9.81. The van der Waals surface area contributed by atoms with Gasteiger partial charge in [0.05, 0.1) is 11.0 Å². The minimum absolute atomic E-state index is 0.157. The van der Waals surface area contributed by atoms with Gasteiger partial charge in [0.2, 0.25) is 5.95 Å². The Kier molecular flexibility index (Phi) is 6.22. The lowest BCUT2D eigenvalue weighted by molar-refractivity contribution is -0.274. The standard InChI is InChI=1S/C25H28F3N3O3/c1-15-11-18(14-24(3,4)13-15)31-22-10-9-20(33-16(2)32)12-21(22)30-23(31)29-17-5-7-19(8-6-17)34-25(26,27)28/h5-10,12,15,18H,11,13-14H2,1-4H3,(H,29,30)/t15-,18+/m1/s1. The fourth-order valence-electron chi connectivity index (χ4n) is 5.13. The number of nitrogens with one attached hydrogen (secondary N) is 1. The van der Waals surface area contributed by atoms with Gasteiger partial charge in [-0.3, -0.25) is 4.79 Å². The number of fused-ring (bicyclic) bond motifs is 1. The number of carbonyl (C=O) groups excluding carboxylic acids is 1. The van der Waals surface area contributed by atoms with Crippen molar-refractivity contribution in [3.8, 4) is 11.5 Å². The second-order valence-corrected chi connectivity index (χ2v) is 9.81. The van der Waals surface area contributed by atoms with E-state index in [9.17, 15) is 18.0 Å². The number of anilines is 2. The third kappa shape index (κ3) is 5.63. The molecule has 0 radical (unpaired) electrons. The summed E-state index contributed by atoms with van der Waals surface area (Å²) in [5.41, 5.74) is 2.29. The number of ether oxygens (including phenoxy) is 2. The molecule has 4 rings (SSSR count). The fraction of sp³-hybridized carbons (Fsp3) is 0.440. The molecule has 1 aliphatic carbocycles. The molecule has 0 saturated heterocycles. The van der Waals surface area contributed by atoms with Crippen molar-refractivity contribution in [2.75, 3.05) is 5.32 Å². The van der Waals surface area contributed by atoms with Crippen LogP contribution < -0.4 is 14.8 Å². The van der Waals surface area contributed by atoms with Crippen LogP contribution in [-0.2, 0) is 4.79 Å². The molecule has 1 saturated carbocycles. The van der Waals surface area contributed by atoms with Crippen molar-refractivity contribution in [2.45, 2.75) is 59.4 Å². The smallest absolute Gasteiger partial charge is 0.427 e. The highest BCUT2D eigenvalue weighted by atomic mass is 19.4. The lowest BCUT2D eigenvalue weighted by Gasteiger charge is -2.40. The predicted molar refractivity (Wildman–Crippen MR) is 123 cm³/mol. The van der Waals surface area contributed by atoms with Gasteiger partial charge in [-0.1, -0.05) is 20.8 Å². The largest absolute Gasteiger partial charge is 0.573 e. The Morgan fingerprint density at radius 1 is 1.12 bits per heavy atom. The fourth-order valence-corrected chi connectivity index (χ4v) is 5.13. The number of carbonyl (C=O) groups is 1. The summed E-state index contributed by atoms with van der Waals surface area (Å²) in [4.78, 5) is 16.1. The van der Waals surface area contributed by atoms with Crippen molar-refractivity contribution in [2.24, 2.45) is 11.3 Å². The van der Waals surface area contributed by atoms with Gasteiger partial charge in [-0.25, -0.2) is 4.98 Å². The summed E-state index contributed by atoms with van der Waals surface area (Å²) in [5, 5.41) is 3.26. The van der Waals surface area contributed by atoms with E-state index in [-0.39, 0.29) is 17.2 Å². The quantitative estimate of drug-likeness (QED) is 0.318. The van der Waals surface area contributed by atoms with Crippen molar-refractivity contribution in [3.05, 3.63) is 42.5 Å². The molecule has 0 aliphatic heterocycles. The number of alkyl halides is 3. The predicted octanol–water partition coefficient (Wildman–Crippen LogP) is 6.99. The van der Waals surface area contributed by atoms with Crippen LogP contribution in [0.5, 0.6) is 11.5 Å². The van der Waals surface area contributed by atoms with E-state index < -0.39 is 12.3 Å². The molecule has 1 heterocycles. The number of benzene rings is 2. The van der Waals surface area contributed by atoms with Gasteiger partial charge in [0, 0.05) is 24.7 Å². The molecule has 2 aromatic carbocycles. The maximum atomic E-state index is 12.5. The molecule has 1 fully saturated rings. The average molecular weight is 476 g/mol. The number of halogens is 3. The summed E-state index contributed by atoms with van der Waals surface area (Å²) < 4.78 is 48.8. The van der Waals surface area contributed by atoms with Crippen LogP contribution in [0.15, 0.2) is 42.5 Å². The molecule has 1 aliphatic rings. The second kappa shape index (κ2) is 8.85. The minimum Gasteiger partial charge on any atom is -0.427 e. The van der Waals surface area contributed by atoms with Crippen LogP contribution in [0.1, 0.15) is 53.0 Å². The topological polar surface area (TPSA) is 65.4 Å². The highest BCUT2D eigenvalue weighted by Gasteiger charge is 2.35. The van der Waals surface area contributed by atoms with E-state index in [2.05, 4.69) is 35.4 Å². The van der Waals surface area contributed by atoms with E-state index >= 15 is 0 Å². The number of hydrogen-bond acceptors (Lipinski definition) is 5. The monoisotopic (exact) mass is 475 g/mol. The van der Waals surface area contributed by atoms with Crippen LogP contribution in [0.4, 0.5) is 24.8 Å². The molecular formula is C25H28F3N3O3. The molecule has 34 heavy (non-hydrogen) atoms. The molecule has 6 nitrogen and oxygen atoms in total. The molecule has 1 N–H and O–H groups in total. The van der Waals surface area contributed by atoms with Crippen LogP contribution >= 0.6 is 0 Å². The van der Waals surface area contributed by atoms with Crippen LogP contribution in [0.25, 0.3) is 11.0 Å². The van der Waals surface area contributed by atoms with Crippen LogP contribution in [-0.4, -0.2) is 21.9 Å². The van der Waals surface area contributed by atoms with Gasteiger partial charge in [0.15, 0.2) is 0 Å². The zero-order valence-electron chi connectivity index (χ0n) is 19.6. The third-order valence-electron chi connectivity index (χ3n) is 6.00. The highest BCUT2D eigenvalue weighted by molar-refractivity contribution is 5.82. The van der Waals surface area contributed by atoms with Gasteiger partial charge in [0.1, 0.15) is 11.5 Å². The molecule has 0 amide bonds. The Bertz CT molecular complexity index is 1190. The van der Waals surface area contributed by atoms with Gasteiger partial charge in [0.25, 0.3) is 0 Å². The van der Waals surface area contributed by atoms with Gasteiger partial charge in [-0.2, -0.15) is 0 Å². The van der Waals surface area contributed by atoms with Gasteiger partial charge in [-0.05, 0) is 67.0 Å². The molecule has 0 spiro atoms. The third-order valence-corrected chi connectivity index (χ3v) is 6.00. The number of aromatic nitrogens is 2. The van der Waals surface area contributed by atoms with E-state index in [0.717, 1.165) is 24.8 Å². The first-order valence-electron chi connectivity index (χ1n) is 11.2. The van der Waals surface area contributed by atoms with Gasteiger partial charge in [-0.15, -0.1) is 13.2 Å². The van der Waals surface area contributed by atoms with Crippen LogP contribution in [0.3, 0.4) is 0 Å². The van der Waals surface area contributed by atoms with Crippen molar-refractivity contribution in [3.63, 3.8) is 0 Å². The summed E-state index contributed by atoms with van der Waals surface area (Å²) in [6.07, 6.45) is -1.67. The van der Waals surface area contributed by atoms with Gasteiger partial charge >= 0.3 is 12.3 Å². The molecule has 182 valence electrons. The highest BCUT2D eigenvalue weighted by Crippen LogP contribution is 2.46. The first kappa shape index (κ1) is 23.9. The van der Waals surface area contributed by atoms with E-state index in [1.807, 2.05) is 6.07 Å². The normalized spacial score (nSPS) is 20.2. The van der Waals surface area contributed by atoms with Crippen molar-refractivity contribution in [1.29, 1.82) is 0 Å². The molecule has 0 bridgehead atoms. The zero-order chi connectivity index (χ0) is 24.7. The van der Waals surface area contributed by atoms with Crippen LogP contribution in [0, 0.1) is 11.3 Å². The van der Waals surface area contributed by atoms with Crippen molar-refractivity contribution < 1.29 is 27.4 Å². The Hall–Kier alpha value is -3.23. The summed E-state index contributed by atoms with van der Waals surface area (Å²) in [7, 11) is 0. The van der Waals surface area contributed by atoms with E-state index in [1.54, 1.807) is 12.1 Å². The molecule has 1 aromatic heterocycles. The van der Waals surface area contributed by atoms with E-state index in [1.165, 1.54) is 31.2 Å². The summed E-state index contributed by atoms with van der Waals surface area (Å²) in [6.45, 7) is 8.12. The Balaban J connectivity index is 1.72. The summed E-state index contributed by atoms with van der Waals surface area (Å²) in [5.74, 6) is 0.802. The lowest BCUT2D eigenvalue weighted by atomic mass is 9.70. The van der Waals surface area contributed by atoms with Crippen molar-refractivity contribution >= 4 is 28.6 Å². The number of nitrogens with zero attached hydrogens (tertiary/aromatic N) is 2. The SMILES string of the molecule is CC(=O)Oc1ccc2c(c1)nc(Nc1ccc(OC(F)(F)F)cc1)n2[C@H]1C[C@@H](C)CC(C)(C)C1. The van der Waals surface area contributed by atoms with Crippen molar-refractivity contribution in [1.82, 2.24) is 9.55 Å². The number of imidazole rings is 1. The Labute approximate surface area is 196 Å². The molecule has 0 unspecified atom stereocenters. The van der Waals surface area contributed by atoms with Gasteiger partial charge < -0.3 is 19.4 Å². The molecule has 3 aromatic rings. The van der Waals surface area contributed by atoms with Crippen LogP contribution in [0.2, 0.25) is 0 Å². The van der Waals surface area contributed by atoms with E-state index in [0.29, 0.717) is 28.8 Å². The summed E-state index contributed by atoms with van der Waals surface area (Å²) >= 11 is 0. The zero-order valence-corrected chi connectivity index (χ0v) is 19.6. The first-order chi connectivity index (χ1) is 15.9. The molecule has 9 heteroatoms. The minimum atomic E-state index is -4.74. The Morgan fingerprint density at radius 3 is 2.41 bits per heavy atom. The first-order valence-corrected chi connectivity index (χ1v) is 11.2. The number of esters is 1. The molecule has 2 atom stereocenters.